The van der Waals surface area contributed by atoms with Crippen molar-refractivity contribution in [2.45, 2.75) is 45.4 Å². The second-order valence-corrected chi connectivity index (χ2v) is 8.91. The molecule has 0 saturated carbocycles. The van der Waals surface area contributed by atoms with Crippen LogP contribution < -0.4 is 10.1 Å². The Labute approximate surface area is 183 Å². The number of nitrogens with one attached hydrogen (secondary N) is 1. The Morgan fingerprint density at radius 3 is 2.61 bits per heavy atom. The molecule has 0 unspecified atom stereocenters. The van der Waals surface area contributed by atoms with Crippen molar-refractivity contribution >= 4 is 23.1 Å². The number of carbonyl (C=O) groups is 1. The number of amides is 1. The smallest absolute Gasteiger partial charge is 0.410 e. The van der Waals surface area contributed by atoms with Gasteiger partial charge in [-0.15, -0.1) is 0 Å². The van der Waals surface area contributed by atoms with Crippen LogP contribution in [0.1, 0.15) is 32.8 Å². The largest absolute Gasteiger partial charge is 0.497 e. The third-order valence-corrected chi connectivity index (χ3v) is 5.33. The molecule has 1 amide bonds. The lowest BCUT2D eigenvalue weighted by Crippen LogP contribution is -2.36. The van der Waals surface area contributed by atoms with Gasteiger partial charge in [0.2, 0.25) is 5.95 Å². The van der Waals surface area contributed by atoms with Crippen molar-refractivity contribution in [3.63, 3.8) is 0 Å². The summed E-state index contributed by atoms with van der Waals surface area (Å²) in [6, 6.07) is 16.3. The van der Waals surface area contributed by atoms with Crippen molar-refractivity contribution in [2.24, 2.45) is 0 Å². The van der Waals surface area contributed by atoms with Crippen LogP contribution in [-0.4, -0.2) is 52.4 Å². The molecule has 164 valence electrons. The molecule has 31 heavy (non-hydrogen) atoms. The fourth-order valence-corrected chi connectivity index (χ4v) is 3.81. The summed E-state index contributed by atoms with van der Waals surface area (Å²) in [5.74, 6) is 1.65. The SMILES string of the molecule is COc1ccc(Cn2c(N[C@@H]3CCN(C(=O)OC(C)(C)C)C3)nc3ccccc32)cc1. The van der Waals surface area contributed by atoms with Gasteiger partial charge in [0, 0.05) is 19.1 Å². The van der Waals surface area contributed by atoms with E-state index in [0.717, 1.165) is 34.7 Å². The molecule has 0 radical (unpaired) electrons. The van der Waals surface area contributed by atoms with E-state index in [2.05, 4.69) is 28.1 Å². The van der Waals surface area contributed by atoms with E-state index < -0.39 is 5.60 Å². The van der Waals surface area contributed by atoms with Gasteiger partial charge in [0.15, 0.2) is 0 Å². The topological polar surface area (TPSA) is 68.6 Å². The molecule has 3 aromatic rings. The zero-order valence-electron chi connectivity index (χ0n) is 18.6. The van der Waals surface area contributed by atoms with Crippen LogP contribution in [0.5, 0.6) is 5.75 Å². The number of ether oxygens (including phenoxy) is 2. The Bertz CT molecular complexity index is 1050. The molecule has 0 bridgehead atoms. The van der Waals surface area contributed by atoms with Gasteiger partial charge in [0.25, 0.3) is 0 Å². The predicted octanol–water partition coefficient (Wildman–Crippen LogP) is 4.51. The fraction of sp³-hybridized carbons (Fsp3) is 0.417. The Hall–Kier alpha value is -3.22. The summed E-state index contributed by atoms with van der Waals surface area (Å²) < 4.78 is 13.0. The van der Waals surface area contributed by atoms with E-state index in [1.54, 1.807) is 12.0 Å². The monoisotopic (exact) mass is 422 g/mol. The van der Waals surface area contributed by atoms with Gasteiger partial charge >= 0.3 is 6.09 Å². The Balaban J connectivity index is 1.52. The molecule has 1 aliphatic rings. The van der Waals surface area contributed by atoms with Gasteiger partial charge in [-0.1, -0.05) is 24.3 Å². The van der Waals surface area contributed by atoms with E-state index in [9.17, 15) is 4.79 Å². The summed E-state index contributed by atoms with van der Waals surface area (Å²) in [7, 11) is 1.67. The molecule has 1 N–H and O–H groups in total. The van der Waals surface area contributed by atoms with Gasteiger partial charge in [-0.25, -0.2) is 9.78 Å². The van der Waals surface area contributed by atoms with Crippen molar-refractivity contribution < 1.29 is 14.3 Å². The minimum absolute atomic E-state index is 0.124. The molecule has 1 aliphatic heterocycles. The highest BCUT2D eigenvalue weighted by molar-refractivity contribution is 5.79. The number of para-hydroxylation sites is 2. The average molecular weight is 423 g/mol. The zero-order valence-corrected chi connectivity index (χ0v) is 18.6. The third kappa shape index (κ3) is 4.93. The first-order valence-electron chi connectivity index (χ1n) is 10.6. The fourth-order valence-electron chi connectivity index (χ4n) is 3.81. The summed E-state index contributed by atoms with van der Waals surface area (Å²) in [5.41, 5.74) is 2.69. The summed E-state index contributed by atoms with van der Waals surface area (Å²) in [6.45, 7) is 7.62. The molecule has 4 rings (SSSR count). The Morgan fingerprint density at radius 1 is 1.16 bits per heavy atom. The van der Waals surface area contributed by atoms with E-state index >= 15 is 0 Å². The first-order valence-corrected chi connectivity index (χ1v) is 10.6. The number of rotatable bonds is 5. The first kappa shape index (κ1) is 21.0. The minimum Gasteiger partial charge on any atom is -0.497 e. The predicted molar refractivity (Wildman–Crippen MR) is 122 cm³/mol. The van der Waals surface area contributed by atoms with Crippen LogP contribution in [0.25, 0.3) is 11.0 Å². The van der Waals surface area contributed by atoms with Gasteiger partial charge in [-0.05, 0) is 57.0 Å². The Kier molecular flexibility index (Phi) is 5.76. The van der Waals surface area contributed by atoms with Crippen LogP contribution in [0, 0.1) is 0 Å². The Morgan fingerprint density at radius 2 is 1.90 bits per heavy atom. The lowest BCUT2D eigenvalue weighted by Gasteiger charge is -2.24. The summed E-state index contributed by atoms with van der Waals surface area (Å²) >= 11 is 0. The molecule has 1 fully saturated rings. The number of likely N-dealkylation sites (tertiary alicyclic amines) is 1. The van der Waals surface area contributed by atoms with Gasteiger partial charge in [-0.3, -0.25) is 0 Å². The quantitative estimate of drug-likeness (QED) is 0.655. The maximum absolute atomic E-state index is 12.4. The van der Waals surface area contributed by atoms with Gasteiger partial charge < -0.3 is 24.3 Å². The number of carbonyl (C=O) groups excluding carboxylic acids is 1. The number of anilines is 1. The number of benzene rings is 2. The number of nitrogens with zero attached hydrogens (tertiary/aromatic N) is 3. The van der Waals surface area contributed by atoms with Crippen LogP contribution in [0.15, 0.2) is 48.5 Å². The number of aromatic nitrogens is 2. The number of hydrogen-bond acceptors (Lipinski definition) is 5. The lowest BCUT2D eigenvalue weighted by atomic mass is 10.2. The normalized spacial score (nSPS) is 16.5. The standard InChI is InChI=1S/C24H30N4O3/c1-24(2,3)31-23(29)27-14-13-18(16-27)25-22-26-20-7-5-6-8-21(20)28(22)15-17-9-11-19(30-4)12-10-17/h5-12,18H,13-16H2,1-4H3,(H,25,26)/t18-/m1/s1. The highest BCUT2D eigenvalue weighted by Crippen LogP contribution is 2.25. The average Bonchev–Trinajstić information content (AvgIpc) is 3.33. The van der Waals surface area contributed by atoms with Gasteiger partial charge in [0.1, 0.15) is 11.4 Å². The van der Waals surface area contributed by atoms with Gasteiger partial charge in [0.05, 0.1) is 24.7 Å². The lowest BCUT2D eigenvalue weighted by molar-refractivity contribution is 0.0293. The number of hydrogen-bond donors (Lipinski definition) is 1. The molecule has 0 spiro atoms. The van der Waals surface area contributed by atoms with Crippen LogP contribution in [-0.2, 0) is 11.3 Å². The van der Waals surface area contributed by atoms with Crippen molar-refractivity contribution in [3.8, 4) is 5.75 Å². The van der Waals surface area contributed by atoms with E-state index in [1.807, 2.05) is 51.1 Å². The number of methoxy groups -OCH3 is 1. The summed E-state index contributed by atoms with van der Waals surface area (Å²) in [5, 5.41) is 3.57. The van der Waals surface area contributed by atoms with Crippen LogP contribution >= 0.6 is 0 Å². The van der Waals surface area contributed by atoms with Crippen LogP contribution in [0.4, 0.5) is 10.7 Å². The third-order valence-electron chi connectivity index (χ3n) is 5.33. The van der Waals surface area contributed by atoms with Crippen molar-refractivity contribution in [1.29, 1.82) is 0 Å². The molecular formula is C24H30N4O3. The van der Waals surface area contributed by atoms with E-state index in [1.165, 1.54) is 0 Å². The maximum Gasteiger partial charge on any atom is 0.410 e. The molecule has 1 aromatic heterocycles. The van der Waals surface area contributed by atoms with Crippen LogP contribution in [0.3, 0.4) is 0 Å². The highest BCUT2D eigenvalue weighted by Gasteiger charge is 2.30. The number of fused-ring (bicyclic) bond motifs is 1. The molecule has 1 saturated heterocycles. The maximum atomic E-state index is 12.4. The second-order valence-electron chi connectivity index (χ2n) is 8.91. The van der Waals surface area contributed by atoms with E-state index in [4.69, 9.17) is 14.5 Å². The van der Waals surface area contributed by atoms with E-state index in [-0.39, 0.29) is 12.1 Å². The second kappa shape index (κ2) is 8.49. The molecule has 7 heteroatoms. The molecule has 1 atom stereocenters. The first-order chi connectivity index (χ1) is 14.8. The minimum atomic E-state index is -0.491. The van der Waals surface area contributed by atoms with Crippen molar-refractivity contribution in [3.05, 3.63) is 54.1 Å². The van der Waals surface area contributed by atoms with E-state index in [0.29, 0.717) is 19.6 Å². The van der Waals surface area contributed by atoms with Crippen LogP contribution in [0.2, 0.25) is 0 Å². The molecule has 2 aromatic carbocycles. The summed E-state index contributed by atoms with van der Waals surface area (Å²) in [4.78, 5) is 19.0. The molecule has 2 heterocycles. The highest BCUT2D eigenvalue weighted by atomic mass is 16.6. The molecule has 0 aliphatic carbocycles. The summed E-state index contributed by atoms with van der Waals surface area (Å²) in [6.07, 6.45) is 0.592. The van der Waals surface area contributed by atoms with Gasteiger partial charge in [-0.2, -0.15) is 0 Å². The van der Waals surface area contributed by atoms with Crippen molar-refractivity contribution in [1.82, 2.24) is 14.5 Å². The zero-order chi connectivity index (χ0) is 22.0. The molecular weight excluding hydrogens is 392 g/mol. The van der Waals surface area contributed by atoms with Crippen molar-refractivity contribution in [2.75, 3.05) is 25.5 Å². The number of imidazole rings is 1. The molecule has 7 nitrogen and oxygen atoms in total.